The second-order valence-electron chi connectivity index (χ2n) is 3.94. The number of hydrogen-bond acceptors (Lipinski definition) is 1. The van der Waals surface area contributed by atoms with Crippen molar-refractivity contribution in [2.75, 3.05) is 0 Å². The molecule has 0 saturated carbocycles. The van der Waals surface area contributed by atoms with Crippen LogP contribution in [0.25, 0.3) is 0 Å². The van der Waals surface area contributed by atoms with Gasteiger partial charge in [0.1, 0.15) is 5.82 Å². The van der Waals surface area contributed by atoms with Crippen molar-refractivity contribution in [3.05, 3.63) is 69.5 Å². The molecule has 4 heteroatoms. The van der Waals surface area contributed by atoms with Gasteiger partial charge in [-0.1, -0.05) is 47.5 Å². The summed E-state index contributed by atoms with van der Waals surface area (Å²) in [4.78, 5) is 0. The molecule has 1 N–H and O–H groups in total. The Morgan fingerprint density at radius 1 is 0.944 bits per heavy atom. The third-order valence-corrected chi connectivity index (χ3v) is 3.45. The Labute approximate surface area is 116 Å². The van der Waals surface area contributed by atoms with E-state index >= 15 is 0 Å². The fourth-order valence-corrected chi connectivity index (χ4v) is 2.02. The Bertz CT molecular complexity index is 526. The fourth-order valence-electron chi connectivity index (χ4n) is 1.63. The minimum atomic E-state index is -0.225. The summed E-state index contributed by atoms with van der Waals surface area (Å²) < 4.78 is 12.7. The first kappa shape index (κ1) is 13.3. The van der Waals surface area contributed by atoms with Gasteiger partial charge in [0.2, 0.25) is 0 Å². The van der Waals surface area contributed by atoms with Crippen molar-refractivity contribution in [2.45, 2.75) is 13.1 Å². The molecule has 0 unspecified atom stereocenters. The third-order valence-electron chi connectivity index (χ3n) is 2.59. The standard InChI is InChI=1S/C14H12Cl2FN/c15-13-3-1-2-11(14(13)16)9-18-8-10-4-6-12(17)7-5-10/h1-7,18H,8-9H2. The summed E-state index contributed by atoms with van der Waals surface area (Å²) in [6.07, 6.45) is 0. The van der Waals surface area contributed by atoms with Crippen molar-refractivity contribution < 1.29 is 4.39 Å². The molecule has 0 aromatic heterocycles. The quantitative estimate of drug-likeness (QED) is 0.876. The lowest BCUT2D eigenvalue weighted by Gasteiger charge is -2.07. The van der Waals surface area contributed by atoms with E-state index in [1.807, 2.05) is 12.1 Å². The Balaban J connectivity index is 1.92. The van der Waals surface area contributed by atoms with Crippen LogP contribution < -0.4 is 5.32 Å². The van der Waals surface area contributed by atoms with Crippen molar-refractivity contribution >= 4 is 23.2 Å². The summed E-state index contributed by atoms with van der Waals surface area (Å²) in [5.74, 6) is -0.225. The molecule has 18 heavy (non-hydrogen) atoms. The number of nitrogens with one attached hydrogen (secondary N) is 1. The Morgan fingerprint density at radius 3 is 2.39 bits per heavy atom. The zero-order valence-electron chi connectivity index (χ0n) is 9.59. The zero-order chi connectivity index (χ0) is 13.0. The zero-order valence-corrected chi connectivity index (χ0v) is 11.1. The van der Waals surface area contributed by atoms with E-state index in [1.54, 1.807) is 18.2 Å². The lowest BCUT2D eigenvalue weighted by molar-refractivity contribution is 0.625. The molecule has 2 aromatic rings. The number of halogens is 3. The van der Waals surface area contributed by atoms with E-state index in [4.69, 9.17) is 23.2 Å². The minimum Gasteiger partial charge on any atom is -0.309 e. The smallest absolute Gasteiger partial charge is 0.123 e. The van der Waals surface area contributed by atoms with Gasteiger partial charge in [-0.05, 0) is 29.3 Å². The summed E-state index contributed by atoms with van der Waals surface area (Å²) in [5.41, 5.74) is 1.97. The highest BCUT2D eigenvalue weighted by atomic mass is 35.5. The molecule has 1 nitrogen and oxygen atoms in total. The van der Waals surface area contributed by atoms with E-state index in [2.05, 4.69) is 5.32 Å². The van der Waals surface area contributed by atoms with Crippen LogP contribution in [0.1, 0.15) is 11.1 Å². The van der Waals surface area contributed by atoms with E-state index < -0.39 is 0 Å². The van der Waals surface area contributed by atoms with Crippen LogP contribution in [0.2, 0.25) is 10.0 Å². The van der Waals surface area contributed by atoms with Gasteiger partial charge in [0.05, 0.1) is 10.0 Å². The lowest BCUT2D eigenvalue weighted by atomic mass is 10.2. The largest absolute Gasteiger partial charge is 0.309 e. The molecule has 0 aliphatic heterocycles. The Hall–Kier alpha value is -1.09. The first-order valence-electron chi connectivity index (χ1n) is 5.55. The van der Waals surface area contributed by atoms with Gasteiger partial charge in [0, 0.05) is 13.1 Å². The third kappa shape index (κ3) is 3.45. The molecule has 2 rings (SSSR count). The van der Waals surface area contributed by atoms with Gasteiger partial charge >= 0.3 is 0 Å². The molecular formula is C14H12Cl2FN. The molecule has 0 aliphatic rings. The lowest BCUT2D eigenvalue weighted by Crippen LogP contribution is -2.13. The topological polar surface area (TPSA) is 12.0 Å². The van der Waals surface area contributed by atoms with Crippen LogP contribution >= 0.6 is 23.2 Å². The molecule has 0 radical (unpaired) electrons. The molecule has 2 aromatic carbocycles. The first-order valence-corrected chi connectivity index (χ1v) is 6.30. The van der Waals surface area contributed by atoms with Crippen LogP contribution in [0.3, 0.4) is 0 Å². The van der Waals surface area contributed by atoms with Crippen molar-refractivity contribution in [1.82, 2.24) is 5.32 Å². The molecule has 0 heterocycles. The van der Waals surface area contributed by atoms with E-state index in [1.165, 1.54) is 12.1 Å². The van der Waals surface area contributed by atoms with Crippen molar-refractivity contribution in [3.8, 4) is 0 Å². The van der Waals surface area contributed by atoms with Crippen LogP contribution in [0.15, 0.2) is 42.5 Å². The van der Waals surface area contributed by atoms with E-state index in [-0.39, 0.29) is 5.82 Å². The predicted octanol–water partition coefficient (Wildman–Crippen LogP) is 4.42. The Morgan fingerprint density at radius 2 is 1.67 bits per heavy atom. The van der Waals surface area contributed by atoms with Crippen molar-refractivity contribution in [2.24, 2.45) is 0 Å². The molecule has 0 amide bonds. The van der Waals surface area contributed by atoms with E-state index in [9.17, 15) is 4.39 Å². The number of rotatable bonds is 4. The van der Waals surface area contributed by atoms with E-state index in [0.717, 1.165) is 11.1 Å². The van der Waals surface area contributed by atoms with Gasteiger partial charge in [-0.15, -0.1) is 0 Å². The SMILES string of the molecule is Fc1ccc(CNCc2cccc(Cl)c2Cl)cc1. The monoisotopic (exact) mass is 283 g/mol. The van der Waals surface area contributed by atoms with Gasteiger partial charge in [0.25, 0.3) is 0 Å². The molecule has 0 aliphatic carbocycles. The van der Waals surface area contributed by atoms with Crippen molar-refractivity contribution in [3.63, 3.8) is 0 Å². The highest BCUT2D eigenvalue weighted by Crippen LogP contribution is 2.25. The van der Waals surface area contributed by atoms with Crippen LogP contribution in [0, 0.1) is 5.82 Å². The summed E-state index contributed by atoms with van der Waals surface area (Å²) >= 11 is 12.0. The summed E-state index contributed by atoms with van der Waals surface area (Å²) in [5, 5.41) is 4.37. The second-order valence-corrected chi connectivity index (χ2v) is 4.73. The maximum absolute atomic E-state index is 12.7. The highest BCUT2D eigenvalue weighted by molar-refractivity contribution is 6.42. The van der Waals surface area contributed by atoms with E-state index in [0.29, 0.717) is 23.1 Å². The maximum atomic E-state index is 12.7. The first-order chi connectivity index (χ1) is 8.66. The molecule has 0 spiro atoms. The van der Waals surface area contributed by atoms with Gasteiger partial charge in [-0.2, -0.15) is 0 Å². The summed E-state index contributed by atoms with van der Waals surface area (Å²) in [6.45, 7) is 1.28. The maximum Gasteiger partial charge on any atom is 0.123 e. The molecular weight excluding hydrogens is 272 g/mol. The number of benzene rings is 2. The fraction of sp³-hybridized carbons (Fsp3) is 0.143. The Kier molecular flexibility index (Phi) is 4.59. The molecule has 94 valence electrons. The predicted molar refractivity (Wildman–Crippen MR) is 73.4 cm³/mol. The molecule has 0 fully saturated rings. The van der Waals surface area contributed by atoms with Gasteiger partial charge in [-0.25, -0.2) is 4.39 Å². The summed E-state index contributed by atoms with van der Waals surface area (Å²) in [7, 11) is 0. The molecule has 0 saturated heterocycles. The summed E-state index contributed by atoms with van der Waals surface area (Å²) in [6, 6.07) is 11.9. The average Bonchev–Trinajstić information content (AvgIpc) is 2.37. The van der Waals surface area contributed by atoms with Crippen LogP contribution in [-0.2, 0) is 13.1 Å². The van der Waals surface area contributed by atoms with Gasteiger partial charge in [0.15, 0.2) is 0 Å². The minimum absolute atomic E-state index is 0.225. The van der Waals surface area contributed by atoms with Gasteiger partial charge < -0.3 is 5.32 Å². The highest BCUT2D eigenvalue weighted by Gasteiger charge is 2.03. The molecule has 0 bridgehead atoms. The van der Waals surface area contributed by atoms with Crippen LogP contribution in [-0.4, -0.2) is 0 Å². The van der Waals surface area contributed by atoms with Crippen molar-refractivity contribution in [1.29, 1.82) is 0 Å². The van der Waals surface area contributed by atoms with Crippen LogP contribution in [0.4, 0.5) is 4.39 Å². The van der Waals surface area contributed by atoms with Crippen LogP contribution in [0.5, 0.6) is 0 Å². The van der Waals surface area contributed by atoms with Gasteiger partial charge in [-0.3, -0.25) is 0 Å². The normalized spacial score (nSPS) is 10.6. The number of hydrogen-bond donors (Lipinski definition) is 1. The second kappa shape index (κ2) is 6.19. The average molecular weight is 284 g/mol. The molecule has 0 atom stereocenters.